The first-order valence-electron chi connectivity index (χ1n) is 6.32. The Hall–Kier alpha value is -2.90. The monoisotopic (exact) mass is 287 g/mol. The summed E-state index contributed by atoms with van der Waals surface area (Å²) in [6.45, 7) is 0. The van der Waals surface area contributed by atoms with Gasteiger partial charge in [0.1, 0.15) is 5.56 Å². The van der Waals surface area contributed by atoms with Crippen LogP contribution in [0.1, 0.15) is 23.6 Å². The minimum Gasteiger partial charge on any atom is -0.494 e. The fourth-order valence-electron chi connectivity index (χ4n) is 2.24. The van der Waals surface area contributed by atoms with E-state index in [0.717, 1.165) is 10.1 Å². The van der Waals surface area contributed by atoms with E-state index in [-0.39, 0.29) is 11.6 Å². The highest BCUT2D eigenvalue weighted by molar-refractivity contribution is 6.03. The smallest absolute Gasteiger partial charge is 0.330 e. The van der Waals surface area contributed by atoms with E-state index in [4.69, 9.17) is 0 Å². The second-order valence-electron chi connectivity index (χ2n) is 4.75. The van der Waals surface area contributed by atoms with Gasteiger partial charge in [-0.1, -0.05) is 6.07 Å². The SMILES string of the molecule is Cn1c(O)c(C2=NN[C@@H](c3cccnc3)C2)c(=O)[nH]c1=O. The summed E-state index contributed by atoms with van der Waals surface area (Å²) in [5.41, 5.74) is 2.93. The van der Waals surface area contributed by atoms with Gasteiger partial charge in [0.05, 0.1) is 11.8 Å². The van der Waals surface area contributed by atoms with Crippen molar-refractivity contribution in [3.63, 3.8) is 0 Å². The summed E-state index contributed by atoms with van der Waals surface area (Å²) >= 11 is 0. The summed E-state index contributed by atoms with van der Waals surface area (Å²) in [5, 5.41) is 14.1. The molecule has 0 saturated heterocycles. The first kappa shape index (κ1) is 13.1. The molecule has 0 aromatic carbocycles. The quantitative estimate of drug-likeness (QED) is 0.696. The highest BCUT2D eigenvalue weighted by Crippen LogP contribution is 2.24. The van der Waals surface area contributed by atoms with Crippen molar-refractivity contribution in [2.24, 2.45) is 12.1 Å². The van der Waals surface area contributed by atoms with Gasteiger partial charge < -0.3 is 10.5 Å². The zero-order valence-electron chi connectivity index (χ0n) is 11.2. The van der Waals surface area contributed by atoms with E-state index in [2.05, 4.69) is 20.5 Å². The molecule has 108 valence electrons. The Kier molecular flexibility index (Phi) is 3.05. The number of nitrogens with zero attached hydrogens (tertiary/aromatic N) is 3. The third kappa shape index (κ3) is 2.20. The number of hydrazone groups is 1. The number of pyridine rings is 1. The highest BCUT2D eigenvalue weighted by atomic mass is 16.3. The van der Waals surface area contributed by atoms with E-state index >= 15 is 0 Å². The van der Waals surface area contributed by atoms with Crippen molar-refractivity contribution >= 4 is 5.71 Å². The molecule has 1 aliphatic rings. The predicted molar refractivity (Wildman–Crippen MR) is 75.2 cm³/mol. The molecular weight excluding hydrogens is 274 g/mol. The van der Waals surface area contributed by atoms with Gasteiger partial charge in [0, 0.05) is 25.9 Å². The number of aromatic hydroxyl groups is 1. The molecule has 0 aliphatic carbocycles. The van der Waals surface area contributed by atoms with E-state index in [1.54, 1.807) is 12.4 Å². The molecule has 0 fully saturated rings. The molecule has 0 bridgehead atoms. The Labute approximate surface area is 118 Å². The summed E-state index contributed by atoms with van der Waals surface area (Å²) < 4.78 is 0.969. The van der Waals surface area contributed by atoms with E-state index in [9.17, 15) is 14.7 Å². The number of aromatic nitrogens is 3. The predicted octanol–water partition coefficient (Wildman–Crippen LogP) is -0.387. The largest absolute Gasteiger partial charge is 0.494 e. The third-order valence-corrected chi connectivity index (χ3v) is 3.42. The molecule has 0 unspecified atom stereocenters. The number of hydrogen-bond acceptors (Lipinski definition) is 6. The summed E-state index contributed by atoms with van der Waals surface area (Å²) in [4.78, 5) is 29.5. The van der Waals surface area contributed by atoms with Crippen molar-refractivity contribution < 1.29 is 5.11 Å². The molecule has 2 aromatic heterocycles. The van der Waals surface area contributed by atoms with Gasteiger partial charge in [-0.05, 0) is 11.6 Å². The molecule has 3 N–H and O–H groups in total. The van der Waals surface area contributed by atoms with Crippen LogP contribution in [-0.2, 0) is 7.05 Å². The van der Waals surface area contributed by atoms with Gasteiger partial charge >= 0.3 is 5.69 Å². The zero-order valence-corrected chi connectivity index (χ0v) is 11.2. The number of H-pyrrole nitrogens is 1. The lowest BCUT2D eigenvalue weighted by Gasteiger charge is -2.09. The van der Waals surface area contributed by atoms with Gasteiger partial charge in [-0.25, -0.2) is 4.79 Å². The molecule has 1 atom stereocenters. The van der Waals surface area contributed by atoms with Gasteiger partial charge in [0.25, 0.3) is 5.56 Å². The van der Waals surface area contributed by atoms with Crippen LogP contribution in [0.5, 0.6) is 5.88 Å². The number of nitrogens with one attached hydrogen (secondary N) is 2. The van der Waals surface area contributed by atoms with E-state index < -0.39 is 17.1 Å². The van der Waals surface area contributed by atoms with Crippen LogP contribution in [0, 0.1) is 0 Å². The first-order valence-corrected chi connectivity index (χ1v) is 6.32. The maximum Gasteiger partial charge on any atom is 0.330 e. The van der Waals surface area contributed by atoms with Crippen molar-refractivity contribution in [2.75, 3.05) is 0 Å². The minimum atomic E-state index is -0.670. The van der Waals surface area contributed by atoms with E-state index in [1.165, 1.54) is 7.05 Å². The van der Waals surface area contributed by atoms with Crippen molar-refractivity contribution in [1.82, 2.24) is 20.0 Å². The maximum absolute atomic E-state index is 11.9. The van der Waals surface area contributed by atoms with Gasteiger partial charge in [-0.3, -0.25) is 19.3 Å². The average Bonchev–Trinajstić information content (AvgIpc) is 2.95. The zero-order chi connectivity index (χ0) is 15.0. The average molecular weight is 287 g/mol. The van der Waals surface area contributed by atoms with E-state index in [1.807, 2.05) is 12.1 Å². The van der Waals surface area contributed by atoms with Gasteiger partial charge in [0.2, 0.25) is 5.88 Å². The molecule has 0 spiro atoms. The molecule has 3 heterocycles. The van der Waals surface area contributed by atoms with E-state index in [0.29, 0.717) is 12.1 Å². The minimum absolute atomic E-state index is 0.0102. The van der Waals surface area contributed by atoms with Gasteiger partial charge in [0.15, 0.2) is 0 Å². The van der Waals surface area contributed by atoms with Crippen LogP contribution in [-0.4, -0.2) is 25.4 Å². The Morgan fingerprint density at radius 3 is 2.95 bits per heavy atom. The summed E-state index contributed by atoms with van der Waals surface area (Å²) in [7, 11) is 1.37. The third-order valence-electron chi connectivity index (χ3n) is 3.42. The lowest BCUT2D eigenvalue weighted by molar-refractivity contribution is 0.416. The summed E-state index contributed by atoms with van der Waals surface area (Å²) in [6, 6.07) is 3.59. The Balaban J connectivity index is 1.96. The van der Waals surface area contributed by atoms with Crippen LogP contribution >= 0.6 is 0 Å². The van der Waals surface area contributed by atoms with Crippen LogP contribution < -0.4 is 16.7 Å². The lowest BCUT2D eigenvalue weighted by atomic mass is 10.0. The van der Waals surface area contributed by atoms with Crippen molar-refractivity contribution in [1.29, 1.82) is 0 Å². The molecule has 8 heteroatoms. The normalized spacial score (nSPS) is 17.4. The van der Waals surface area contributed by atoms with Crippen LogP contribution in [0.25, 0.3) is 0 Å². The molecule has 0 amide bonds. The summed E-state index contributed by atoms with van der Waals surface area (Å²) in [6.07, 6.45) is 3.80. The highest BCUT2D eigenvalue weighted by Gasteiger charge is 2.26. The molecular formula is C13H13N5O3. The fraction of sp³-hybridized carbons (Fsp3) is 0.231. The van der Waals surface area contributed by atoms with Crippen molar-refractivity contribution in [3.8, 4) is 5.88 Å². The molecule has 2 aromatic rings. The Morgan fingerprint density at radius 2 is 2.24 bits per heavy atom. The molecule has 0 saturated carbocycles. The van der Waals surface area contributed by atoms with Crippen LogP contribution in [0.2, 0.25) is 0 Å². The number of hydrogen-bond donors (Lipinski definition) is 3. The second-order valence-corrected chi connectivity index (χ2v) is 4.75. The number of rotatable bonds is 2. The fourth-order valence-corrected chi connectivity index (χ4v) is 2.24. The summed E-state index contributed by atoms with van der Waals surface area (Å²) in [5.74, 6) is -0.392. The van der Waals surface area contributed by atoms with Crippen LogP contribution in [0.3, 0.4) is 0 Å². The molecule has 21 heavy (non-hydrogen) atoms. The Morgan fingerprint density at radius 1 is 1.43 bits per heavy atom. The lowest BCUT2D eigenvalue weighted by Crippen LogP contribution is -2.32. The maximum atomic E-state index is 11.9. The topological polar surface area (TPSA) is 112 Å². The molecule has 1 aliphatic heterocycles. The number of aromatic amines is 1. The van der Waals surface area contributed by atoms with Crippen molar-refractivity contribution in [2.45, 2.75) is 12.5 Å². The Bertz CT molecular complexity index is 822. The second kappa shape index (κ2) is 4.89. The molecule has 0 radical (unpaired) electrons. The first-order chi connectivity index (χ1) is 10.1. The van der Waals surface area contributed by atoms with Gasteiger partial charge in [-0.15, -0.1) is 0 Å². The van der Waals surface area contributed by atoms with Crippen LogP contribution in [0.4, 0.5) is 0 Å². The van der Waals surface area contributed by atoms with Crippen molar-refractivity contribution in [3.05, 3.63) is 56.5 Å². The molecule has 3 rings (SSSR count). The van der Waals surface area contributed by atoms with Crippen LogP contribution in [0.15, 0.2) is 39.2 Å². The standard InChI is InChI=1S/C13H13N5O3/c1-18-12(20)10(11(19)15-13(18)21)9-5-8(16-17-9)7-3-2-4-14-6-7/h2-4,6,8,16,20H,5H2,1H3,(H,15,19,21)/t8-/m1/s1. The van der Waals surface area contributed by atoms with Gasteiger partial charge in [-0.2, -0.15) is 5.10 Å². The molecule has 8 nitrogen and oxygen atoms in total.